The van der Waals surface area contributed by atoms with Crippen molar-refractivity contribution >= 4 is 44.7 Å². The standard InChI is InChI=1S/C41H56N6O9S/c1-24(2)55-34-19-33(29-16-17-32(54-6)25(3)35(29)43-34)56-27-18-31-36(48)44-41(38(50)45-57(52,53)28-14-15-28)20-26(41)12-10-8-7-9-11-13-30(37(49)47(31)21-27)42-39(51)46-22-40(4,5)23-46/h10,12,16-17,19,24,26-28,30-31H,7-9,11,13-15,18,20-23H2,1-6H3,(H,42,51)(H,44,48)(H,45,50)/b12-10-/t26?,27-,30+,31+,41-/m1/s1. The molecular formula is C41H56N6O9S. The number of carbonyl (C=O) groups is 4. The van der Waals surface area contributed by atoms with Gasteiger partial charge in [-0.3, -0.25) is 19.1 Å². The van der Waals surface area contributed by atoms with E-state index in [4.69, 9.17) is 19.2 Å². The van der Waals surface area contributed by atoms with Crippen molar-refractivity contribution in [2.75, 3.05) is 26.7 Å². The number of nitrogens with one attached hydrogen (secondary N) is 3. The van der Waals surface area contributed by atoms with Crippen molar-refractivity contribution in [1.82, 2.24) is 30.1 Å². The summed E-state index contributed by atoms with van der Waals surface area (Å²) < 4.78 is 46.3. The lowest BCUT2D eigenvalue weighted by Crippen LogP contribution is -2.62. The van der Waals surface area contributed by atoms with E-state index in [1.165, 1.54) is 4.90 Å². The molecule has 1 aromatic carbocycles. The molecule has 4 fully saturated rings. The van der Waals surface area contributed by atoms with Crippen molar-refractivity contribution in [3.8, 4) is 17.4 Å². The van der Waals surface area contributed by atoms with E-state index in [1.807, 2.05) is 45.1 Å². The third-order valence-corrected chi connectivity index (χ3v) is 13.5. The lowest BCUT2D eigenvalue weighted by atomic mass is 9.85. The summed E-state index contributed by atoms with van der Waals surface area (Å²) in [6, 6.07) is 3.04. The Labute approximate surface area is 334 Å². The zero-order valence-electron chi connectivity index (χ0n) is 33.8. The molecule has 0 radical (unpaired) electrons. The predicted octanol–water partition coefficient (Wildman–Crippen LogP) is 4.11. The second-order valence-corrected chi connectivity index (χ2v) is 19.4. The van der Waals surface area contributed by atoms with Crippen molar-refractivity contribution in [2.45, 2.75) is 127 Å². The number of pyridine rings is 1. The number of rotatable bonds is 9. The second-order valence-electron chi connectivity index (χ2n) is 17.4. The number of urea groups is 1. The maximum absolute atomic E-state index is 14.7. The SMILES string of the molecule is COc1ccc2c(O[C@@H]3C[C@H]4C(=O)N[C@]5(C(=O)NS(=O)(=O)C6CC6)CC5/C=C\CCCCC[C@H](NC(=O)N5CC(C)(C)C5)C(=O)N4C3)cc(OC(C)C)nc2c1C. The lowest BCUT2D eigenvalue weighted by Gasteiger charge is -2.46. The van der Waals surface area contributed by atoms with Gasteiger partial charge in [0.15, 0.2) is 0 Å². The fraction of sp³-hybridized carbons (Fsp3) is 0.634. The van der Waals surface area contributed by atoms with E-state index in [-0.39, 0.29) is 36.9 Å². The molecule has 15 nitrogen and oxygen atoms in total. The third-order valence-electron chi connectivity index (χ3n) is 11.7. The van der Waals surface area contributed by atoms with Crippen LogP contribution in [0, 0.1) is 18.3 Å². The molecule has 5 aliphatic rings. The van der Waals surface area contributed by atoms with Gasteiger partial charge >= 0.3 is 6.03 Å². The number of benzene rings is 1. The molecule has 0 spiro atoms. The summed E-state index contributed by atoms with van der Waals surface area (Å²) in [4.78, 5) is 64.4. The topological polar surface area (TPSA) is 186 Å². The highest BCUT2D eigenvalue weighted by atomic mass is 32.2. The Hall–Kier alpha value is -4.60. The summed E-state index contributed by atoms with van der Waals surface area (Å²) in [6.45, 7) is 11.0. The average Bonchev–Trinajstić information content (AvgIpc) is 4.06. The highest BCUT2D eigenvalue weighted by Crippen LogP contribution is 2.46. The van der Waals surface area contributed by atoms with E-state index in [0.717, 1.165) is 18.4 Å². The summed E-state index contributed by atoms with van der Waals surface area (Å²) in [5, 5.41) is 5.97. The van der Waals surface area contributed by atoms with E-state index in [0.29, 0.717) is 73.5 Å². The van der Waals surface area contributed by atoms with Crippen LogP contribution in [0.2, 0.25) is 0 Å². The molecule has 2 saturated carbocycles. The minimum absolute atomic E-state index is 0.0119. The maximum atomic E-state index is 14.7. The zero-order valence-corrected chi connectivity index (χ0v) is 34.6. The number of sulfonamides is 1. The number of hydrogen-bond donors (Lipinski definition) is 3. The molecule has 310 valence electrons. The number of aryl methyl sites for hydroxylation is 1. The summed E-state index contributed by atoms with van der Waals surface area (Å²) in [6.07, 6.45) is 7.59. The van der Waals surface area contributed by atoms with Crippen molar-refractivity contribution < 1.29 is 41.8 Å². The molecule has 5 atom stereocenters. The Kier molecular flexibility index (Phi) is 11.1. The fourth-order valence-electron chi connectivity index (χ4n) is 8.38. The van der Waals surface area contributed by atoms with Crippen LogP contribution in [0.25, 0.3) is 10.9 Å². The van der Waals surface area contributed by atoms with Gasteiger partial charge in [0, 0.05) is 47.9 Å². The molecule has 16 heteroatoms. The van der Waals surface area contributed by atoms with E-state index in [9.17, 15) is 27.6 Å². The number of allylic oxidation sites excluding steroid dienone is 1. The molecule has 2 saturated heterocycles. The monoisotopic (exact) mass is 808 g/mol. The van der Waals surface area contributed by atoms with Crippen LogP contribution < -0.4 is 29.6 Å². The zero-order chi connectivity index (χ0) is 40.9. The molecule has 5 amide bonds. The van der Waals surface area contributed by atoms with Crippen LogP contribution in [0.1, 0.15) is 91.0 Å². The second kappa shape index (κ2) is 15.6. The first-order valence-electron chi connectivity index (χ1n) is 20.2. The van der Waals surface area contributed by atoms with Crippen LogP contribution >= 0.6 is 0 Å². The van der Waals surface area contributed by atoms with Crippen LogP contribution in [0.15, 0.2) is 30.4 Å². The van der Waals surface area contributed by atoms with E-state index >= 15 is 0 Å². The number of hydrogen-bond acceptors (Lipinski definition) is 10. The van der Waals surface area contributed by atoms with Crippen LogP contribution in [-0.4, -0.2) is 109 Å². The van der Waals surface area contributed by atoms with Crippen molar-refractivity contribution in [3.63, 3.8) is 0 Å². The van der Waals surface area contributed by atoms with Gasteiger partial charge in [0.1, 0.15) is 35.2 Å². The minimum atomic E-state index is -3.89. The molecule has 3 N–H and O–H groups in total. The number of amides is 5. The first-order valence-corrected chi connectivity index (χ1v) is 21.8. The predicted molar refractivity (Wildman–Crippen MR) is 212 cm³/mol. The van der Waals surface area contributed by atoms with Gasteiger partial charge in [0.05, 0.1) is 30.5 Å². The first-order chi connectivity index (χ1) is 27.0. The smallest absolute Gasteiger partial charge is 0.318 e. The quantitative estimate of drug-likeness (QED) is 0.312. The number of methoxy groups -OCH3 is 1. The number of fused-ring (bicyclic) bond motifs is 3. The van der Waals surface area contributed by atoms with Crippen molar-refractivity contribution in [3.05, 3.63) is 35.9 Å². The fourth-order valence-corrected chi connectivity index (χ4v) is 9.74. The Balaban J connectivity index is 1.21. The van der Waals surface area contributed by atoms with Gasteiger partial charge in [-0.1, -0.05) is 38.8 Å². The number of ether oxygens (including phenoxy) is 3. The average molecular weight is 809 g/mol. The Morgan fingerprint density at radius 3 is 2.49 bits per heavy atom. The van der Waals surface area contributed by atoms with Crippen LogP contribution in [0.4, 0.5) is 4.79 Å². The van der Waals surface area contributed by atoms with E-state index in [1.54, 1.807) is 18.1 Å². The number of carbonyl (C=O) groups excluding carboxylic acids is 4. The molecule has 0 bridgehead atoms. The molecule has 7 rings (SSSR count). The molecule has 57 heavy (non-hydrogen) atoms. The largest absolute Gasteiger partial charge is 0.496 e. The molecule has 2 aromatic rings. The number of likely N-dealkylation sites (tertiary alicyclic amines) is 1. The summed E-state index contributed by atoms with van der Waals surface area (Å²) >= 11 is 0. The van der Waals surface area contributed by atoms with Crippen LogP contribution in [0.3, 0.4) is 0 Å². The van der Waals surface area contributed by atoms with Crippen LogP contribution in [0.5, 0.6) is 17.4 Å². The molecule has 1 unspecified atom stereocenters. The van der Waals surface area contributed by atoms with Crippen molar-refractivity contribution in [1.29, 1.82) is 0 Å². The Bertz CT molecular complexity index is 2060. The summed E-state index contributed by atoms with van der Waals surface area (Å²) in [5.41, 5.74) is -0.112. The van der Waals surface area contributed by atoms with Gasteiger partial charge in [-0.15, -0.1) is 0 Å². The van der Waals surface area contributed by atoms with Gasteiger partial charge in [-0.25, -0.2) is 18.2 Å². The Morgan fingerprint density at radius 2 is 1.81 bits per heavy atom. The molecule has 1 aromatic heterocycles. The first kappa shape index (κ1) is 40.6. The summed E-state index contributed by atoms with van der Waals surface area (Å²) in [7, 11) is -2.31. The summed E-state index contributed by atoms with van der Waals surface area (Å²) in [5.74, 6) is -0.798. The van der Waals surface area contributed by atoms with E-state index < -0.39 is 62.6 Å². The molecular weight excluding hydrogens is 753 g/mol. The highest BCUT2D eigenvalue weighted by molar-refractivity contribution is 7.91. The number of aromatic nitrogens is 1. The van der Waals surface area contributed by atoms with Crippen LogP contribution in [-0.2, 0) is 24.4 Å². The Morgan fingerprint density at radius 1 is 1.05 bits per heavy atom. The minimum Gasteiger partial charge on any atom is -0.496 e. The molecule has 2 aliphatic carbocycles. The molecule has 4 heterocycles. The van der Waals surface area contributed by atoms with E-state index in [2.05, 4.69) is 29.2 Å². The maximum Gasteiger partial charge on any atom is 0.318 e. The molecule has 3 aliphatic heterocycles. The third kappa shape index (κ3) is 8.65. The van der Waals surface area contributed by atoms with Gasteiger partial charge in [-0.05, 0) is 71.4 Å². The highest BCUT2D eigenvalue weighted by Gasteiger charge is 2.62. The number of nitrogens with zero attached hydrogens (tertiary/aromatic N) is 3. The van der Waals surface area contributed by atoms with Gasteiger partial charge in [0.25, 0.3) is 5.91 Å². The normalized spacial score (nSPS) is 28.2. The lowest BCUT2D eigenvalue weighted by molar-refractivity contribution is -0.141. The van der Waals surface area contributed by atoms with Gasteiger partial charge < -0.3 is 34.6 Å². The van der Waals surface area contributed by atoms with Crippen molar-refractivity contribution in [2.24, 2.45) is 11.3 Å². The van der Waals surface area contributed by atoms with Gasteiger partial charge in [-0.2, -0.15) is 0 Å². The van der Waals surface area contributed by atoms with Gasteiger partial charge in [0.2, 0.25) is 27.7 Å².